The molecule has 2 fully saturated rings. The number of carbonyl (C=O) groups is 3. The highest BCUT2D eigenvalue weighted by molar-refractivity contribution is 6.31. The van der Waals surface area contributed by atoms with Gasteiger partial charge in [0.05, 0.1) is 6.54 Å². The Bertz CT molecular complexity index is 757. The van der Waals surface area contributed by atoms with Gasteiger partial charge in [0.1, 0.15) is 17.9 Å². The normalized spacial score (nSPS) is 18.6. The van der Waals surface area contributed by atoms with Crippen LogP contribution in [0.25, 0.3) is 0 Å². The molecule has 1 aliphatic carbocycles. The molecule has 3 rings (SSSR count). The molecule has 4 amide bonds. The minimum absolute atomic E-state index is 0.0175. The molecule has 1 heterocycles. The van der Waals surface area contributed by atoms with Gasteiger partial charge in [-0.25, -0.2) is 9.18 Å². The quantitative estimate of drug-likeness (QED) is 0.721. The highest BCUT2D eigenvalue weighted by atomic mass is 35.5. The summed E-state index contributed by atoms with van der Waals surface area (Å²) < 4.78 is 14.1. The Morgan fingerprint density at radius 2 is 2.00 bits per heavy atom. The van der Waals surface area contributed by atoms with Crippen LogP contribution in [0, 0.1) is 5.82 Å². The summed E-state index contributed by atoms with van der Waals surface area (Å²) in [4.78, 5) is 40.3. The molecular formula is C19H23ClFN3O3. The third-order valence-corrected chi connectivity index (χ3v) is 5.80. The summed E-state index contributed by atoms with van der Waals surface area (Å²) in [7, 11) is 0. The summed E-state index contributed by atoms with van der Waals surface area (Å²) in [6.45, 7) is 3.31. The van der Waals surface area contributed by atoms with Crippen LogP contribution in [0.15, 0.2) is 18.2 Å². The maximum absolute atomic E-state index is 14.1. The van der Waals surface area contributed by atoms with Gasteiger partial charge in [-0.05, 0) is 37.8 Å². The summed E-state index contributed by atoms with van der Waals surface area (Å²) in [5, 5.41) is 2.96. The van der Waals surface area contributed by atoms with Gasteiger partial charge in [0, 0.05) is 16.6 Å². The number of benzene rings is 1. The monoisotopic (exact) mass is 395 g/mol. The first-order valence-electron chi connectivity index (χ1n) is 9.19. The molecule has 1 saturated carbocycles. The minimum Gasteiger partial charge on any atom is -0.334 e. The fraction of sp³-hybridized carbons (Fsp3) is 0.526. The van der Waals surface area contributed by atoms with E-state index in [1.54, 1.807) is 6.07 Å². The van der Waals surface area contributed by atoms with Gasteiger partial charge < -0.3 is 10.2 Å². The fourth-order valence-electron chi connectivity index (χ4n) is 3.44. The molecule has 6 nitrogen and oxygen atoms in total. The Hall–Kier alpha value is -2.15. The first-order chi connectivity index (χ1) is 12.8. The van der Waals surface area contributed by atoms with E-state index >= 15 is 0 Å². The number of nitrogens with one attached hydrogen (secondary N) is 1. The smallest absolute Gasteiger partial charge is 0.325 e. The van der Waals surface area contributed by atoms with E-state index in [1.165, 1.54) is 17.0 Å². The van der Waals surface area contributed by atoms with E-state index in [0.29, 0.717) is 12.8 Å². The van der Waals surface area contributed by atoms with Crippen molar-refractivity contribution in [3.63, 3.8) is 0 Å². The number of hydrogen-bond donors (Lipinski definition) is 1. The molecule has 1 N–H and O–H groups in total. The van der Waals surface area contributed by atoms with Crippen LogP contribution in [0.3, 0.4) is 0 Å². The minimum atomic E-state index is -0.948. The van der Waals surface area contributed by atoms with E-state index in [1.807, 2.05) is 13.8 Å². The summed E-state index contributed by atoms with van der Waals surface area (Å²) in [6, 6.07) is 3.80. The highest BCUT2D eigenvalue weighted by Gasteiger charge is 2.49. The lowest BCUT2D eigenvalue weighted by molar-refractivity contribution is -0.139. The lowest BCUT2D eigenvalue weighted by Gasteiger charge is -2.26. The van der Waals surface area contributed by atoms with E-state index in [9.17, 15) is 18.8 Å². The topological polar surface area (TPSA) is 69.7 Å². The molecule has 27 heavy (non-hydrogen) atoms. The van der Waals surface area contributed by atoms with Gasteiger partial charge in [-0.15, -0.1) is 0 Å². The molecule has 1 saturated heterocycles. The van der Waals surface area contributed by atoms with Gasteiger partial charge in [-0.3, -0.25) is 14.5 Å². The van der Waals surface area contributed by atoms with Crippen LogP contribution in [0.4, 0.5) is 9.18 Å². The third kappa shape index (κ3) is 3.65. The summed E-state index contributed by atoms with van der Waals surface area (Å²) >= 11 is 6.09. The highest BCUT2D eigenvalue weighted by Crippen LogP contribution is 2.31. The van der Waals surface area contributed by atoms with Gasteiger partial charge in [-0.1, -0.05) is 31.5 Å². The summed E-state index contributed by atoms with van der Waals surface area (Å²) in [5.41, 5.74) is -0.704. The van der Waals surface area contributed by atoms with Crippen molar-refractivity contribution in [1.29, 1.82) is 0 Å². The molecule has 146 valence electrons. The van der Waals surface area contributed by atoms with Crippen LogP contribution in [0.2, 0.25) is 5.02 Å². The Labute approximate surface area is 162 Å². The van der Waals surface area contributed by atoms with Crippen molar-refractivity contribution in [2.75, 3.05) is 6.54 Å². The first-order valence-corrected chi connectivity index (χ1v) is 9.57. The van der Waals surface area contributed by atoms with Crippen molar-refractivity contribution in [1.82, 2.24) is 15.1 Å². The molecule has 1 aromatic rings. The predicted molar refractivity (Wildman–Crippen MR) is 98.5 cm³/mol. The first kappa shape index (κ1) is 19.6. The van der Waals surface area contributed by atoms with Gasteiger partial charge in [0.15, 0.2) is 0 Å². The van der Waals surface area contributed by atoms with Crippen molar-refractivity contribution in [2.45, 2.75) is 57.7 Å². The van der Waals surface area contributed by atoms with Crippen molar-refractivity contribution in [3.05, 3.63) is 34.6 Å². The van der Waals surface area contributed by atoms with Gasteiger partial charge in [-0.2, -0.15) is 0 Å². The summed E-state index contributed by atoms with van der Waals surface area (Å²) in [6.07, 6.45) is 2.53. The number of amides is 4. The van der Waals surface area contributed by atoms with E-state index in [0.717, 1.165) is 17.7 Å². The van der Waals surface area contributed by atoms with Crippen LogP contribution < -0.4 is 5.32 Å². The van der Waals surface area contributed by atoms with Crippen molar-refractivity contribution in [2.24, 2.45) is 0 Å². The Morgan fingerprint density at radius 1 is 1.33 bits per heavy atom. The number of rotatable bonds is 7. The number of halogens is 2. The molecule has 1 aliphatic heterocycles. The number of hydrogen-bond acceptors (Lipinski definition) is 3. The molecular weight excluding hydrogens is 373 g/mol. The molecule has 0 spiro atoms. The second-order valence-electron chi connectivity index (χ2n) is 7.06. The summed E-state index contributed by atoms with van der Waals surface area (Å²) in [5.74, 6) is -1.25. The Balaban J connectivity index is 1.77. The lowest BCUT2D eigenvalue weighted by atomic mass is 9.93. The SMILES string of the molecule is CCC1(CC)NC(=O)N(CC(=O)N(Cc2c(F)cccc2Cl)C2CC2)C1=O. The van der Waals surface area contributed by atoms with Crippen molar-refractivity contribution < 1.29 is 18.8 Å². The molecule has 1 aromatic carbocycles. The zero-order valence-electron chi connectivity index (χ0n) is 15.4. The maximum Gasteiger partial charge on any atom is 0.325 e. The van der Waals surface area contributed by atoms with E-state index in [-0.39, 0.29) is 41.5 Å². The van der Waals surface area contributed by atoms with Crippen LogP contribution in [0.1, 0.15) is 45.1 Å². The van der Waals surface area contributed by atoms with Crippen LogP contribution in [-0.2, 0) is 16.1 Å². The molecule has 0 bridgehead atoms. The van der Waals surface area contributed by atoms with Crippen molar-refractivity contribution in [3.8, 4) is 0 Å². The van der Waals surface area contributed by atoms with E-state index in [2.05, 4.69) is 5.32 Å². The Kier molecular flexibility index (Phi) is 5.42. The van der Waals surface area contributed by atoms with Gasteiger partial charge >= 0.3 is 6.03 Å². The largest absolute Gasteiger partial charge is 0.334 e. The molecule has 0 radical (unpaired) electrons. The number of nitrogens with zero attached hydrogens (tertiary/aromatic N) is 2. The number of imide groups is 1. The standard InChI is InChI=1S/C19H23ClFN3O3/c1-3-19(4-2)17(26)24(18(27)22-19)11-16(25)23(12-8-9-12)10-13-14(20)6-5-7-15(13)21/h5-7,12H,3-4,8-11H2,1-2H3,(H,22,27). The maximum atomic E-state index is 14.1. The average molecular weight is 396 g/mol. The number of urea groups is 1. The Morgan fingerprint density at radius 3 is 2.52 bits per heavy atom. The number of carbonyl (C=O) groups excluding carboxylic acids is 3. The molecule has 0 unspecified atom stereocenters. The fourth-order valence-corrected chi connectivity index (χ4v) is 3.66. The second kappa shape index (κ2) is 7.46. The van der Waals surface area contributed by atoms with Crippen LogP contribution in [0.5, 0.6) is 0 Å². The van der Waals surface area contributed by atoms with Gasteiger partial charge in [0.2, 0.25) is 5.91 Å². The predicted octanol–water partition coefficient (Wildman–Crippen LogP) is 3.08. The zero-order valence-corrected chi connectivity index (χ0v) is 16.2. The van der Waals surface area contributed by atoms with Gasteiger partial charge in [0.25, 0.3) is 5.91 Å². The zero-order chi connectivity index (χ0) is 19.8. The van der Waals surface area contributed by atoms with Crippen LogP contribution in [-0.4, -0.2) is 45.8 Å². The lowest BCUT2D eigenvalue weighted by Crippen LogP contribution is -2.47. The van der Waals surface area contributed by atoms with E-state index < -0.39 is 17.4 Å². The van der Waals surface area contributed by atoms with Crippen molar-refractivity contribution >= 4 is 29.4 Å². The molecule has 2 aliphatic rings. The van der Waals surface area contributed by atoms with E-state index in [4.69, 9.17) is 11.6 Å². The average Bonchev–Trinajstić information content (AvgIpc) is 3.44. The van der Waals surface area contributed by atoms with Crippen LogP contribution >= 0.6 is 11.6 Å². The molecule has 0 atom stereocenters. The molecule has 8 heteroatoms. The second-order valence-corrected chi connectivity index (χ2v) is 7.47. The molecule has 0 aromatic heterocycles. The third-order valence-electron chi connectivity index (χ3n) is 5.44.